The zero-order valence-electron chi connectivity index (χ0n) is 16.4. The molecule has 0 unspecified atom stereocenters. The quantitative estimate of drug-likeness (QED) is 0.751. The van der Waals surface area contributed by atoms with Crippen LogP contribution in [0, 0.1) is 20.8 Å². The molecule has 0 saturated carbocycles. The number of carbonyl (C=O) groups is 2. The van der Waals surface area contributed by atoms with Gasteiger partial charge in [0, 0.05) is 39.6 Å². The molecule has 0 radical (unpaired) electrons. The van der Waals surface area contributed by atoms with Crippen molar-refractivity contribution in [2.24, 2.45) is 0 Å². The second kappa shape index (κ2) is 9.57. The van der Waals surface area contributed by atoms with Crippen molar-refractivity contribution in [3.8, 4) is 5.75 Å². The van der Waals surface area contributed by atoms with Gasteiger partial charge < -0.3 is 15.0 Å². The predicted molar refractivity (Wildman–Crippen MR) is 102 cm³/mol. The molecule has 0 atom stereocenters. The molecule has 6 nitrogen and oxygen atoms in total. The summed E-state index contributed by atoms with van der Waals surface area (Å²) in [5.41, 5.74) is 3.60. The summed E-state index contributed by atoms with van der Waals surface area (Å²) in [5, 5.41) is 2.95. The Bertz CT molecular complexity index is 637. The molecule has 1 saturated heterocycles. The molecule has 1 heterocycles. The molecule has 0 spiro atoms. The Balaban J connectivity index is 1.61. The highest BCUT2D eigenvalue weighted by Crippen LogP contribution is 2.23. The Hall–Kier alpha value is -2.08. The number of rotatable bonds is 7. The number of aryl methyl sites for hydroxylation is 2. The molecule has 1 fully saturated rings. The largest absolute Gasteiger partial charge is 0.493 e. The molecule has 144 valence electrons. The summed E-state index contributed by atoms with van der Waals surface area (Å²) < 4.78 is 5.87. The van der Waals surface area contributed by atoms with Crippen LogP contribution in [-0.2, 0) is 9.59 Å². The van der Waals surface area contributed by atoms with Crippen molar-refractivity contribution < 1.29 is 14.3 Å². The van der Waals surface area contributed by atoms with Gasteiger partial charge in [0.25, 0.3) is 0 Å². The minimum absolute atomic E-state index is 0.0313. The van der Waals surface area contributed by atoms with Crippen molar-refractivity contribution in [2.75, 3.05) is 45.9 Å². The Morgan fingerprint density at radius 1 is 1.12 bits per heavy atom. The molecule has 2 amide bonds. The van der Waals surface area contributed by atoms with Crippen LogP contribution >= 0.6 is 0 Å². The lowest BCUT2D eigenvalue weighted by atomic mass is 10.1. The summed E-state index contributed by atoms with van der Waals surface area (Å²) in [4.78, 5) is 27.2. The predicted octanol–water partition coefficient (Wildman–Crippen LogP) is 1.66. The summed E-state index contributed by atoms with van der Waals surface area (Å²) in [6.45, 7) is 12.3. The van der Waals surface area contributed by atoms with E-state index in [0.717, 1.165) is 25.3 Å². The summed E-state index contributed by atoms with van der Waals surface area (Å²) in [7, 11) is 0. The fraction of sp³-hybridized carbons (Fsp3) is 0.600. The Kier molecular flexibility index (Phi) is 7.45. The molecule has 1 aliphatic heterocycles. The maximum absolute atomic E-state index is 12.0. The standard InChI is InChI=1S/C20H31N3O3/c1-15-12-16(2)17(3)19(13-15)26-11-5-6-21-20(25)14-22-7-9-23(10-8-22)18(4)24/h12-13H,5-11,14H2,1-4H3,(H,21,25). The zero-order valence-corrected chi connectivity index (χ0v) is 16.4. The van der Waals surface area contributed by atoms with Crippen LogP contribution < -0.4 is 10.1 Å². The van der Waals surface area contributed by atoms with E-state index in [9.17, 15) is 9.59 Å². The first-order valence-electron chi connectivity index (χ1n) is 9.32. The lowest BCUT2D eigenvalue weighted by molar-refractivity contribution is -0.131. The van der Waals surface area contributed by atoms with Crippen molar-refractivity contribution in [1.82, 2.24) is 15.1 Å². The summed E-state index contributed by atoms with van der Waals surface area (Å²) in [5.74, 6) is 1.06. The van der Waals surface area contributed by atoms with Gasteiger partial charge in [-0.3, -0.25) is 14.5 Å². The van der Waals surface area contributed by atoms with E-state index < -0.39 is 0 Å². The van der Waals surface area contributed by atoms with Crippen LogP contribution in [0.1, 0.15) is 30.0 Å². The van der Waals surface area contributed by atoms with Crippen LogP contribution in [0.2, 0.25) is 0 Å². The van der Waals surface area contributed by atoms with Crippen molar-refractivity contribution in [3.63, 3.8) is 0 Å². The topological polar surface area (TPSA) is 61.9 Å². The van der Waals surface area contributed by atoms with Gasteiger partial charge >= 0.3 is 0 Å². The van der Waals surface area contributed by atoms with Gasteiger partial charge in [-0.15, -0.1) is 0 Å². The average Bonchev–Trinajstić information content (AvgIpc) is 2.59. The minimum atomic E-state index is 0.0313. The van der Waals surface area contributed by atoms with Gasteiger partial charge in [-0.2, -0.15) is 0 Å². The van der Waals surface area contributed by atoms with Crippen LogP contribution in [0.3, 0.4) is 0 Å². The third-order valence-corrected chi connectivity index (χ3v) is 4.85. The fourth-order valence-corrected chi connectivity index (χ4v) is 3.11. The van der Waals surface area contributed by atoms with Crippen LogP contribution in [0.5, 0.6) is 5.75 Å². The molecule has 26 heavy (non-hydrogen) atoms. The second-order valence-corrected chi connectivity index (χ2v) is 7.04. The van der Waals surface area contributed by atoms with Gasteiger partial charge in [-0.25, -0.2) is 0 Å². The average molecular weight is 361 g/mol. The monoisotopic (exact) mass is 361 g/mol. The summed E-state index contributed by atoms with van der Waals surface area (Å²) in [6, 6.07) is 4.21. The molecule has 1 aromatic rings. The van der Waals surface area contributed by atoms with Crippen molar-refractivity contribution in [2.45, 2.75) is 34.1 Å². The highest BCUT2D eigenvalue weighted by Gasteiger charge is 2.19. The minimum Gasteiger partial charge on any atom is -0.493 e. The number of carbonyl (C=O) groups excluding carboxylic acids is 2. The molecule has 6 heteroatoms. The molecule has 1 aliphatic rings. The van der Waals surface area contributed by atoms with E-state index in [1.807, 2.05) is 4.90 Å². The molecule has 0 bridgehead atoms. The molecule has 0 aromatic heterocycles. The third-order valence-electron chi connectivity index (χ3n) is 4.85. The first-order chi connectivity index (χ1) is 12.4. The van der Waals surface area contributed by atoms with Gasteiger partial charge in [0.2, 0.25) is 11.8 Å². The second-order valence-electron chi connectivity index (χ2n) is 7.04. The van der Waals surface area contributed by atoms with E-state index in [1.165, 1.54) is 16.7 Å². The van der Waals surface area contributed by atoms with Crippen LogP contribution in [0.15, 0.2) is 12.1 Å². The molecule has 1 N–H and O–H groups in total. The smallest absolute Gasteiger partial charge is 0.234 e. The van der Waals surface area contributed by atoms with E-state index in [0.29, 0.717) is 32.8 Å². The maximum Gasteiger partial charge on any atom is 0.234 e. The number of amides is 2. The highest BCUT2D eigenvalue weighted by atomic mass is 16.5. The highest BCUT2D eigenvalue weighted by molar-refractivity contribution is 5.78. The normalized spacial score (nSPS) is 15.0. The number of nitrogens with zero attached hydrogens (tertiary/aromatic N) is 2. The van der Waals surface area contributed by atoms with Crippen molar-refractivity contribution in [1.29, 1.82) is 0 Å². The molecule has 1 aromatic carbocycles. The molecule has 2 rings (SSSR count). The lowest BCUT2D eigenvalue weighted by Crippen LogP contribution is -2.50. The molecular weight excluding hydrogens is 330 g/mol. The SMILES string of the molecule is CC(=O)N1CCN(CC(=O)NCCCOc2cc(C)cc(C)c2C)CC1. The van der Waals surface area contributed by atoms with E-state index in [4.69, 9.17) is 4.74 Å². The summed E-state index contributed by atoms with van der Waals surface area (Å²) in [6.07, 6.45) is 0.774. The summed E-state index contributed by atoms with van der Waals surface area (Å²) >= 11 is 0. The van der Waals surface area contributed by atoms with E-state index >= 15 is 0 Å². The van der Waals surface area contributed by atoms with Crippen LogP contribution in [0.4, 0.5) is 0 Å². The first kappa shape index (κ1) is 20.2. The Labute approximate surface area is 156 Å². The molecular formula is C20H31N3O3. The Morgan fingerprint density at radius 3 is 2.46 bits per heavy atom. The number of hydrogen-bond acceptors (Lipinski definition) is 4. The number of piperazine rings is 1. The third kappa shape index (κ3) is 6.02. The molecule has 0 aliphatic carbocycles. The van der Waals surface area contributed by atoms with Gasteiger partial charge in [-0.1, -0.05) is 6.07 Å². The first-order valence-corrected chi connectivity index (χ1v) is 9.32. The van der Waals surface area contributed by atoms with E-state index in [-0.39, 0.29) is 11.8 Å². The number of nitrogens with one attached hydrogen (secondary N) is 1. The maximum atomic E-state index is 12.0. The number of hydrogen-bond donors (Lipinski definition) is 1. The van der Waals surface area contributed by atoms with Gasteiger partial charge in [0.1, 0.15) is 5.75 Å². The number of benzene rings is 1. The number of ether oxygens (including phenoxy) is 1. The van der Waals surface area contributed by atoms with Crippen molar-refractivity contribution in [3.05, 3.63) is 28.8 Å². The lowest BCUT2D eigenvalue weighted by Gasteiger charge is -2.33. The van der Waals surface area contributed by atoms with E-state index in [2.05, 4.69) is 43.1 Å². The fourth-order valence-electron chi connectivity index (χ4n) is 3.11. The zero-order chi connectivity index (χ0) is 19.1. The van der Waals surface area contributed by atoms with Gasteiger partial charge in [0.15, 0.2) is 0 Å². The van der Waals surface area contributed by atoms with Crippen LogP contribution in [-0.4, -0.2) is 67.5 Å². The van der Waals surface area contributed by atoms with Crippen molar-refractivity contribution >= 4 is 11.8 Å². The van der Waals surface area contributed by atoms with Gasteiger partial charge in [0.05, 0.1) is 13.2 Å². The Morgan fingerprint density at radius 2 is 1.81 bits per heavy atom. The van der Waals surface area contributed by atoms with Crippen LogP contribution in [0.25, 0.3) is 0 Å². The van der Waals surface area contributed by atoms with E-state index in [1.54, 1.807) is 6.92 Å². The van der Waals surface area contributed by atoms with Gasteiger partial charge in [-0.05, 0) is 49.9 Å².